The van der Waals surface area contributed by atoms with Crippen LogP contribution in [0.15, 0.2) is 53.6 Å². The number of rotatable bonds is 17. The zero-order chi connectivity index (χ0) is 26.7. The van der Waals surface area contributed by atoms with Gasteiger partial charge in [-0.3, -0.25) is 9.59 Å². The second-order valence-corrected chi connectivity index (χ2v) is 8.84. The van der Waals surface area contributed by atoms with Crippen LogP contribution in [0.5, 0.6) is 11.5 Å². The molecule has 0 bridgehead atoms. The highest BCUT2D eigenvalue weighted by molar-refractivity contribution is 5.91. The zero-order valence-corrected chi connectivity index (χ0v) is 22.0. The molecule has 0 aliphatic heterocycles. The molecular weight excluding hydrogens is 470 g/mol. The maximum absolute atomic E-state index is 12.3. The number of unbranched alkanes of at least 4 members (excludes halogenated alkanes) is 8. The van der Waals surface area contributed by atoms with E-state index in [0.29, 0.717) is 29.0 Å². The lowest BCUT2D eigenvalue weighted by Gasteiger charge is -2.06. The van der Waals surface area contributed by atoms with Crippen molar-refractivity contribution in [2.24, 2.45) is 5.10 Å². The molecule has 200 valence electrons. The van der Waals surface area contributed by atoms with Gasteiger partial charge in [-0.25, -0.2) is 10.2 Å². The van der Waals surface area contributed by atoms with Crippen molar-refractivity contribution in [3.63, 3.8) is 0 Å². The number of amides is 2. The Morgan fingerprint density at radius 2 is 1.51 bits per heavy atom. The second-order valence-electron chi connectivity index (χ2n) is 8.84. The smallest absolute Gasteiger partial charge is 0.343 e. The minimum Gasteiger partial charge on any atom is -0.497 e. The number of hydrogen-bond donors (Lipinski definition) is 2. The monoisotopic (exact) mass is 509 g/mol. The summed E-state index contributed by atoms with van der Waals surface area (Å²) < 4.78 is 10.5. The Balaban J connectivity index is 1.63. The van der Waals surface area contributed by atoms with Crippen molar-refractivity contribution in [2.75, 3.05) is 13.7 Å². The maximum atomic E-state index is 12.3. The molecule has 0 radical (unpaired) electrons. The Kier molecular flexibility index (Phi) is 14.1. The van der Waals surface area contributed by atoms with Gasteiger partial charge in [0.15, 0.2) is 0 Å². The molecule has 0 saturated carbocycles. The summed E-state index contributed by atoms with van der Waals surface area (Å²) in [6.45, 7) is 2.09. The van der Waals surface area contributed by atoms with Crippen LogP contribution in [0.4, 0.5) is 0 Å². The van der Waals surface area contributed by atoms with Crippen molar-refractivity contribution in [1.82, 2.24) is 10.7 Å². The number of benzene rings is 2. The van der Waals surface area contributed by atoms with Crippen molar-refractivity contribution in [1.29, 1.82) is 0 Å². The number of carbonyl (C=O) groups excluding carboxylic acids is 3. The quantitative estimate of drug-likeness (QED) is 0.0976. The fourth-order valence-electron chi connectivity index (χ4n) is 3.63. The first kappa shape index (κ1) is 29.5. The van der Waals surface area contributed by atoms with Crippen LogP contribution in [0.3, 0.4) is 0 Å². The third-order valence-electron chi connectivity index (χ3n) is 5.75. The van der Waals surface area contributed by atoms with Gasteiger partial charge in [0.1, 0.15) is 11.5 Å². The summed E-state index contributed by atoms with van der Waals surface area (Å²) in [6, 6.07) is 13.4. The number of carbonyl (C=O) groups is 3. The molecule has 8 heteroatoms. The van der Waals surface area contributed by atoms with E-state index in [1.54, 1.807) is 55.6 Å². The van der Waals surface area contributed by atoms with Crippen molar-refractivity contribution in [2.45, 2.75) is 71.1 Å². The molecule has 0 fully saturated rings. The molecular formula is C29H39N3O5. The van der Waals surface area contributed by atoms with E-state index in [9.17, 15) is 14.4 Å². The summed E-state index contributed by atoms with van der Waals surface area (Å²) in [6.07, 6.45) is 12.6. The number of hydrazone groups is 1. The number of hydrogen-bond acceptors (Lipinski definition) is 6. The summed E-state index contributed by atoms with van der Waals surface area (Å²) in [5, 5.41) is 6.53. The number of nitrogens with zero attached hydrogens (tertiary/aromatic N) is 1. The average Bonchev–Trinajstić information content (AvgIpc) is 2.91. The van der Waals surface area contributed by atoms with Crippen molar-refractivity contribution in [3.05, 3.63) is 59.7 Å². The van der Waals surface area contributed by atoms with E-state index >= 15 is 0 Å². The SMILES string of the molecule is CCCCCCCCCCCC(=O)NCC(=O)N/N=C/c1cccc(OC(=O)c2ccc(OC)cc2)c1. The number of methoxy groups -OCH3 is 1. The lowest BCUT2D eigenvalue weighted by molar-refractivity contribution is -0.126. The number of nitrogens with one attached hydrogen (secondary N) is 2. The minimum atomic E-state index is -0.497. The van der Waals surface area contributed by atoms with Crippen molar-refractivity contribution in [3.8, 4) is 11.5 Å². The van der Waals surface area contributed by atoms with E-state index in [1.165, 1.54) is 44.7 Å². The highest BCUT2D eigenvalue weighted by Gasteiger charge is 2.09. The fourth-order valence-corrected chi connectivity index (χ4v) is 3.63. The first-order valence-electron chi connectivity index (χ1n) is 13.1. The van der Waals surface area contributed by atoms with E-state index in [0.717, 1.165) is 19.3 Å². The van der Waals surface area contributed by atoms with Gasteiger partial charge in [0.25, 0.3) is 5.91 Å². The van der Waals surface area contributed by atoms with Gasteiger partial charge in [-0.05, 0) is 48.4 Å². The van der Waals surface area contributed by atoms with Gasteiger partial charge in [-0.1, -0.05) is 70.4 Å². The third kappa shape index (κ3) is 12.7. The number of esters is 1. The van der Waals surface area contributed by atoms with Crippen molar-refractivity contribution < 1.29 is 23.9 Å². The highest BCUT2D eigenvalue weighted by Crippen LogP contribution is 2.16. The highest BCUT2D eigenvalue weighted by atomic mass is 16.5. The molecule has 2 N–H and O–H groups in total. The molecule has 2 rings (SSSR count). The molecule has 0 aliphatic rings. The van der Waals surface area contributed by atoms with Gasteiger partial charge < -0.3 is 14.8 Å². The van der Waals surface area contributed by atoms with Crippen LogP contribution in [-0.4, -0.2) is 37.7 Å². The number of ether oxygens (including phenoxy) is 2. The van der Waals surface area contributed by atoms with Crippen LogP contribution in [0.1, 0.15) is 87.1 Å². The average molecular weight is 510 g/mol. The second kappa shape index (κ2) is 17.7. The first-order chi connectivity index (χ1) is 18.0. The van der Waals surface area contributed by atoms with Crippen LogP contribution in [0.2, 0.25) is 0 Å². The molecule has 2 aromatic rings. The van der Waals surface area contributed by atoms with Crippen LogP contribution >= 0.6 is 0 Å². The Morgan fingerprint density at radius 1 is 0.838 bits per heavy atom. The maximum Gasteiger partial charge on any atom is 0.343 e. The van der Waals surface area contributed by atoms with E-state index in [1.807, 2.05) is 0 Å². The van der Waals surface area contributed by atoms with Gasteiger partial charge in [0.2, 0.25) is 5.91 Å². The van der Waals surface area contributed by atoms with Crippen LogP contribution in [0.25, 0.3) is 0 Å². The lowest BCUT2D eigenvalue weighted by atomic mass is 10.1. The summed E-state index contributed by atoms with van der Waals surface area (Å²) in [5.74, 6) is -0.0505. The molecule has 2 aromatic carbocycles. The minimum absolute atomic E-state index is 0.131. The Bertz CT molecular complexity index is 1000. The summed E-state index contributed by atoms with van der Waals surface area (Å²) in [5.41, 5.74) is 3.41. The van der Waals surface area contributed by atoms with Crippen molar-refractivity contribution >= 4 is 24.0 Å². The lowest BCUT2D eigenvalue weighted by Crippen LogP contribution is -2.34. The molecule has 0 aromatic heterocycles. The molecule has 8 nitrogen and oxygen atoms in total. The summed E-state index contributed by atoms with van der Waals surface area (Å²) >= 11 is 0. The molecule has 0 spiro atoms. The van der Waals surface area contributed by atoms with Gasteiger partial charge in [-0.2, -0.15) is 5.10 Å². The van der Waals surface area contributed by atoms with Gasteiger partial charge >= 0.3 is 5.97 Å². The molecule has 0 atom stereocenters. The zero-order valence-electron chi connectivity index (χ0n) is 22.0. The van der Waals surface area contributed by atoms with E-state index in [2.05, 4.69) is 22.8 Å². The van der Waals surface area contributed by atoms with Crippen LogP contribution < -0.4 is 20.2 Å². The Labute approximate surface area is 219 Å². The molecule has 0 unspecified atom stereocenters. The Morgan fingerprint density at radius 3 is 2.19 bits per heavy atom. The first-order valence-corrected chi connectivity index (χ1v) is 13.1. The van der Waals surface area contributed by atoms with E-state index in [4.69, 9.17) is 9.47 Å². The standard InChI is InChI=1S/C29H39N3O5/c1-3-4-5-6-7-8-9-10-11-15-27(33)30-22-28(34)32-31-21-23-13-12-14-26(20-23)37-29(35)24-16-18-25(36-2)19-17-24/h12-14,16-21H,3-11,15,22H2,1-2H3,(H,30,33)(H,32,34)/b31-21+. The van der Waals surface area contributed by atoms with Crippen LogP contribution in [0, 0.1) is 0 Å². The molecule has 2 amide bonds. The predicted molar refractivity (Wildman–Crippen MR) is 145 cm³/mol. The summed E-state index contributed by atoms with van der Waals surface area (Å²) in [4.78, 5) is 36.2. The topological polar surface area (TPSA) is 106 Å². The molecule has 0 heterocycles. The van der Waals surface area contributed by atoms with Gasteiger partial charge in [-0.15, -0.1) is 0 Å². The fraction of sp³-hybridized carbons (Fsp3) is 0.448. The summed E-state index contributed by atoms with van der Waals surface area (Å²) in [7, 11) is 1.55. The Hall–Kier alpha value is -3.68. The normalized spacial score (nSPS) is 10.8. The van der Waals surface area contributed by atoms with E-state index < -0.39 is 11.9 Å². The molecule has 0 aliphatic carbocycles. The largest absolute Gasteiger partial charge is 0.497 e. The van der Waals surface area contributed by atoms with Gasteiger partial charge in [0, 0.05) is 6.42 Å². The predicted octanol–water partition coefficient (Wildman–Crippen LogP) is 5.40. The molecule has 37 heavy (non-hydrogen) atoms. The van der Waals surface area contributed by atoms with E-state index in [-0.39, 0.29) is 12.5 Å². The van der Waals surface area contributed by atoms with Crippen LogP contribution in [-0.2, 0) is 9.59 Å². The van der Waals surface area contributed by atoms with Gasteiger partial charge in [0.05, 0.1) is 25.4 Å². The third-order valence-corrected chi connectivity index (χ3v) is 5.75. The molecule has 0 saturated heterocycles.